The average Bonchev–Trinajstić information content (AvgIpc) is 2.95. The number of likely N-dealkylation sites (tertiary alicyclic amines) is 1. The summed E-state index contributed by atoms with van der Waals surface area (Å²) < 4.78 is 1.64. The van der Waals surface area contributed by atoms with Crippen LogP contribution in [-0.4, -0.2) is 50.1 Å². The summed E-state index contributed by atoms with van der Waals surface area (Å²) in [5, 5.41) is 22.1. The zero-order valence-electron chi connectivity index (χ0n) is 11.2. The van der Waals surface area contributed by atoms with Crippen molar-refractivity contribution in [3.63, 3.8) is 0 Å². The maximum atomic E-state index is 11.2. The Morgan fingerprint density at radius 3 is 3.05 bits per heavy atom. The van der Waals surface area contributed by atoms with Gasteiger partial charge in [-0.1, -0.05) is 0 Å². The molecule has 0 aromatic carbocycles. The Bertz CT molecular complexity index is 444. The molecular formula is C13H21N3O3. The van der Waals surface area contributed by atoms with E-state index in [0.29, 0.717) is 12.6 Å². The van der Waals surface area contributed by atoms with Crippen LogP contribution in [0.5, 0.6) is 0 Å². The van der Waals surface area contributed by atoms with Gasteiger partial charge in [0.2, 0.25) is 0 Å². The van der Waals surface area contributed by atoms with E-state index in [1.807, 2.05) is 0 Å². The van der Waals surface area contributed by atoms with Crippen LogP contribution < -0.4 is 0 Å². The molecule has 1 aromatic rings. The predicted octanol–water partition coefficient (Wildman–Crippen LogP) is 0.855. The van der Waals surface area contributed by atoms with Crippen LogP contribution in [-0.2, 0) is 13.6 Å². The third kappa shape index (κ3) is 3.13. The number of aliphatic hydroxyl groups is 1. The highest BCUT2D eigenvalue weighted by Crippen LogP contribution is 2.24. The molecule has 0 aliphatic carbocycles. The van der Waals surface area contributed by atoms with Crippen molar-refractivity contribution in [1.29, 1.82) is 0 Å². The Balaban J connectivity index is 2.07. The number of aromatic carboxylic acids is 1. The van der Waals surface area contributed by atoms with Crippen LogP contribution in [0, 0.1) is 0 Å². The van der Waals surface area contributed by atoms with Gasteiger partial charge < -0.3 is 10.2 Å². The van der Waals surface area contributed by atoms with E-state index in [2.05, 4.69) is 10.00 Å². The lowest BCUT2D eigenvalue weighted by molar-refractivity contribution is 0.0693. The van der Waals surface area contributed by atoms with Gasteiger partial charge in [-0.2, -0.15) is 5.10 Å². The molecule has 2 rings (SSSR count). The van der Waals surface area contributed by atoms with Gasteiger partial charge in [-0.05, 0) is 32.2 Å². The number of carboxylic acid groups (broad SMARTS) is 1. The zero-order valence-corrected chi connectivity index (χ0v) is 11.2. The lowest BCUT2D eigenvalue weighted by Gasteiger charge is -2.24. The molecule has 2 heterocycles. The SMILES string of the molecule is Cn1ncc(C(=O)O)c1CN1CCCC1CCCO. The van der Waals surface area contributed by atoms with E-state index < -0.39 is 5.97 Å². The van der Waals surface area contributed by atoms with Gasteiger partial charge >= 0.3 is 5.97 Å². The van der Waals surface area contributed by atoms with Crippen LogP contribution in [0.25, 0.3) is 0 Å². The van der Waals surface area contributed by atoms with E-state index >= 15 is 0 Å². The topological polar surface area (TPSA) is 78.6 Å². The fourth-order valence-electron chi connectivity index (χ4n) is 2.78. The molecule has 106 valence electrons. The number of carboxylic acids is 1. The van der Waals surface area contributed by atoms with Gasteiger partial charge in [-0.15, -0.1) is 0 Å². The first-order chi connectivity index (χ1) is 9.13. The van der Waals surface area contributed by atoms with Gasteiger partial charge in [0.05, 0.1) is 11.9 Å². The van der Waals surface area contributed by atoms with E-state index in [9.17, 15) is 4.79 Å². The number of rotatable bonds is 6. The summed E-state index contributed by atoms with van der Waals surface area (Å²) in [6, 6.07) is 0.448. The van der Waals surface area contributed by atoms with Crippen molar-refractivity contribution < 1.29 is 15.0 Å². The second-order valence-electron chi connectivity index (χ2n) is 5.07. The average molecular weight is 267 g/mol. The monoisotopic (exact) mass is 267 g/mol. The summed E-state index contributed by atoms with van der Waals surface area (Å²) in [6.07, 6.45) is 5.45. The van der Waals surface area contributed by atoms with Gasteiger partial charge in [-0.25, -0.2) is 4.79 Å². The molecule has 19 heavy (non-hydrogen) atoms. The van der Waals surface area contributed by atoms with Gasteiger partial charge in [0.15, 0.2) is 0 Å². The van der Waals surface area contributed by atoms with Gasteiger partial charge in [0.1, 0.15) is 5.56 Å². The van der Waals surface area contributed by atoms with E-state index in [1.165, 1.54) is 6.20 Å². The van der Waals surface area contributed by atoms with Gasteiger partial charge in [-0.3, -0.25) is 9.58 Å². The molecule has 1 aromatic heterocycles. The summed E-state index contributed by atoms with van der Waals surface area (Å²) in [7, 11) is 1.78. The van der Waals surface area contributed by atoms with Crippen LogP contribution in [0.15, 0.2) is 6.20 Å². The first kappa shape index (κ1) is 14.0. The number of nitrogens with zero attached hydrogens (tertiary/aromatic N) is 3. The molecule has 1 aliphatic heterocycles. The predicted molar refractivity (Wildman–Crippen MR) is 69.9 cm³/mol. The highest BCUT2D eigenvalue weighted by atomic mass is 16.4. The number of carbonyl (C=O) groups is 1. The number of aryl methyl sites for hydroxylation is 1. The van der Waals surface area contributed by atoms with Crippen LogP contribution in [0.3, 0.4) is 0 Å². The minimum absolute atomic E-state index is 0.219. The molecule has 1 atom stereocenters. The maximum Gasteiger partial charge on any atom is 0.339 e. The van der Waals surface area contributed by atoms with Crippen molar-refractivity contribution in [2.45, 2.75) is 38.3 Å². The second-order valence-corrected chi connectivity index (χ2v) is 5.07. The Morgan fingerprint density at radius 2 is 2.37 bits per heavy atom. The smallest absolute Gasteiger partial charge is 0.339 e. The molecule has 2 N–H and O–H groups in total. The van der Waals surface area contributed by atoms with Crippen molar-refractivity contribution in [3.8, 4) is 0 Å². The van der Waals surface area contributed by atoms with Crippen molar-refractivity contribution in [2.24, 2.45) is 7.05 Å². The lowest BCUT2D eigenvalue weighted by atomic mass is 10.1. The standard InChI is InChI=1S/C13H21N3O3/c1-15-12(11(8-14-15)13(18)19)9-16-6-2-4-10(16)5-3-7-17/h8,10,17H,2-7,9H2,1H3,(H,18,19). The Labute approximate surface area is 112 Å². The number of hydrogen-bond acceptors (Lipinski definition) is 4. The van der Waals surface area contributed by atoms with E-state index in [-0.39, 0.29) is 12.2 Å². The third-order valence-corrected chi connectivity index (χ3v) is 3.84. The van der Waals surface area contributed by atoms with E-state index in [0.717, 1.165) is 37.9 Å². The van der Waals surface area contributed by atoms with Crippen LogP contribution in [0.2, 0.25) is 0 Å². The summed E-state index contributed by atoms with van der Waals surface area (Å²) in [4.78, 5) is 13.5. The van der Waals surface area contributed by atoms with Crippen molar-refractivity contribution in [2.75, 3.05) is 13.2 Å². The number of hydrogen-bond donors (Lipinski definition) is 2. The fourth-order valence-corrected chi connectivity index (χ4v) is 2.78. The van der Waals surface area contributed by atoms with Gasteiger partial charge in [0.25, 0.3) is 0 Å². The molecule has 1 aliphatic rings. The lowest BCUT2D eigenvalue weighted by Crippen LogP contribution is -2.30. The minimum atomic E-state index is -0.922. The second kappa shape index (κ2) is 6.16. The van der Waals surface area contributed by atoms with Crippen LogP contribution in [0.1, 0.15) is 41.7 Å². The Morgan fingerprint density at radius 1 is 1.58 bits per heavy atom. The van der Waals surface area contributed by atoms with Crippen molar-refractivity contribution in [3.05, 3.63) is 17.5 Å². The zero-order chi connectivity index (χ0) is 13.8. The first-order valence-electron chi connectivity index (χ1n) is 6.72. The molecule has 0 radical (unpaired) electrons. The largest absolute Gasteiger partial charge is 0.478 e. The molecule has 0 spiro atoms. The van der Waals surface area contributed by atoms with Gasteiger partial charge in [0, 0.05) is 26.2 Å². The molecule has 0 amide bonds. The molecule has 0 bridgehead atoms. The fraction of sp³-hybridized carbons (Fsp3) is 0.692. The van der Waals surface area contributed by atoms with Crippen LogP contribution >= 0.6 is 0 Å². The third-order valence-electron chi connectivity index (χ3n) is 3.84. The Kier molecular flexibility index (Phi) is 4.55. The van der Waals surface area contributed by atoms with E-state index in [1.54, 1.807) is 11.7 Å². The minimum Gasteiger partial charge on any atom is -0.478 e. The van der Waals surface area contributed by atoms with E-state index in [4.69, 9.17) is 10.2 Å². The molecular weight excluding hydrogens is 246 g/mol. The molecule has 6 heteroatoms. The number of aromatic nitrogens is 2. The molecule has 0 saturated carbocycles. The highest BCUT2D eigenvalue weighted by molar-refractivity contribution is 5.88. The van der Waals surface area contributed by atoms with Crippen LogP contribution in [0.4, 0.5) is 0 Å². The number of aliphatic hydroxyl groups excluding tert-OH is 1. The molecule has 6 nitrogen and oxygen atoms in total. The van der Waals surface area contributed by atoms with Crippen molar-refractivity contribution in [1.82, 2.24) is 14.7 Å². The summed E-state index contributed by atoms with van der Waals surface area (Å²) >= 11 is 0. The quantitative estimate of drug-likeness (QED) is 0.799. The molecule has 1 fully saturated rings. The molecule has 1 saturated heterocycles. The van der Waals surface area contributed by atoms with Crippen molar-refractivity contribution >= 4 is 5.97 Å². The first-order valence-corrected chi connectivity index (χ1v) is 6.72. The highest BCUT2D eigenvalue weighted by Gasteiger charge is 2.26. The molecule has 1 unspecified atom stereocenters. The Hall–Kier alpha value is -1.40. The summed E-state index contributed by atoms with van der Waals surface area (Å²) in [5.41, 5.74) is 1.04. The summed E-state index contributed by atoms with van der Waals surface area (Å²) in [5.74, 6) is -0.922. The normalized spacial score (nSPS) is 20.0. The maximum absolute atomic E-state index is 11.2. The summed E-state index contributed by atoms with van der Waals surface area (Å²) in [6.45, 7) is 1.82.